The van der Waals surface area contributed by atoms with Crippen molar-refractivity contribution in [1.29, 1.82) is 0 Å². The topological polar surface area (TPSA) is 38.7 Å². The van der Waals surface area contributed by atoms with Crippen molar-refractivity contribution in [3.8, 4) is 0 Å². The standard InChI is InChI=1S/C14H20O3/c1-16-9-12(15)10-17-14-8-4-6-11-5-2-3-7-13(11)14/h2-3,5,7,12,14-15H,4,6,8-10H2,1H3. The van der Waals surface area contributed by atoms with E-state index < -0.39 is 6.10 Å². The summed E-state index contributed by atoms with van der Waals surface area (Å²) in [5.74, 6) is 0. The molecular weight excluding hydrogens is 216 g/mol. The zero-order valence-corrected chi connectivity index (χ0v) is 10.3. The number of methoxy groups -OCH3 is 1. The third kappa shape index (κ3) is 3.28. The van der Waals surface area contributed by atoms with Gasteiger partial charge in [-0.2, -0.15) is 0 Å². The van der Waals surface area contributed by atoms with Gasteiger partial charge in [-0.05, 0) is 30.4 Å². The van der Waals surface area contributed by atoms with Crippen molar-refractivity contribution in [3.05, 3.63) is 35.4 Å². The lowest BCUT2D eigenvalue weighted by atomic mass is 9.89. The van der Waals surface area contributed by atoms with Crippen LogP contribution in [0.2, 0.25) is 0 Å². The first kappa shape index (κ1) is 12.6. The van der Waals surface area contributed by atoms with Crippen molar-refractivity contribution in [1.82, 2.24) is 0 Å². The van der Waals surface area contributed by atoms with Crippen LogP contribution in [0.4, 0.5) is 0 Å². The first-order valence-electron chi connectivity index (χ1n) is 6.17. The smallest absolute Gasteiger partial charge is 0.101 e. The number of ether oxygens (including phenoxy) is 2. The van der Waals surface area contributed by atoms with Crippen molar-refractivity contribution in [2.45, 2.75) is 31.5 Å². The van der Waals surface area contributed by atoms with Gasteiger partial charge in [-0.3, -0.25) is 0 Å². The van der Waals surface area contributed by atoms with Gasteiger partial charge in [0.2, 0.25) is 0 Å². The molecule has 0 heterocycles. The van der Waals surface area contributed by atoms with Gasteiger partial charge in [-0.25, -0.2) is 0 Å². The molecule has 1 N–H and O–H groups in total. The summed E-state index contributed by atoms with van der Waals surface area (Å²) in [5, 5.41) is 9.58. The van der Waals surface area contributed by atoms with Crippen molar-refractivity contribution < 1.29 is 14.6 Å². The fraction of sp³-hybridized carbons (Fsp3) is 0.571. The van der Waals surface area contributed by atoms with E-state index in [1.54, 1.807) is 7.11 Å². The monoisotopic (exact) mass is 236 g/mol. The fourth-order valence-corrected chi connectivity index (χ4v) is 2.35. The molecule has 1 aliphatic carbocycles. The summed E-state index contributed by atoms with van der Waals surface area (Å²) in [5.41, 5.74) is 2.66. The van der Waals surface area contributed by atoms with Gasteiger partial charge < -0.3 is 14.6 Å². The largest absolute Gasteiger partial charge is 0.388 e. The summed E-state index contributed by atoms with van der Waals surface area (Å²) in [6, 6.07) is 8.41. The average molecular weight is 236 g/mol. The predicted molar refractivity (Wildman–Crippen MR) is 66.0 cm³/mol. The Kier molecular flexibility index (Phi) is 4.54. The second kappa shape index (κ2) is 6.15. The van der Waals surface area contributed by atoms with Crippen LogP contribution >= 0.6 is 0 Å². The number of aryl methyl sites for hydroxylation is 1. The normalized spacial score (nSPS) is 20.9. The molecule has 1 aromatic carbocycles. The highest BCUT2D eigenvalue weighted by Gasteiger charge is 2.20. The second-order valence-corrected chi connectivity index (χ2v) is 4.52. The summed E-state index contributed by atoms with van der Waals surface area (Å²) < 4.78 is 10.7. The molecule has 1 aliphatic rings. The van der Waals surface area contributed by atoms with Crippen LogP contribution in [0.1, 0.15) is 30.1 Å². The quantitative estimate of drug-likeness (QED) is 0.850. The Hall–Kier alpha value is -0.900. The van der Waals surface area contributed by atoms with Crippen LogP contribution in [0.5, 0.6) is 0 Å². The maximum Gasteiger partial charge on any atom is 0.101 e. The van der Waals surface area contributed by atoms with E-state index in [-0.39, 0.29) is 6.10 Å². The molecule has 1 aromatic rings. The van der Waals surface area contributed by atoms with Gasteiger partial charge >= 0.3 is 0 Å². The van der Waals surface area contributed by atoms with Crippen molar-refractivity contribution in [2.24, 2.45) is 0 Å². The maximum absolute atomic E-state index is 9.58. The molecule has 0 bridgehead atoms. The number of hydrogen-bond acceptors (Lipinski definition) is 3. The molecule has 0 amide bonds. The highest BCUT2D eigenvalue weighted by molar-refractivity contribution is 5.31. The molecule has 94 valence electrons. The molecular formula is C14H20O3. The van der Waals surface area contributed by atoms with Gasteiger partial charge in [0.1, 0.15) is 6.10 Å². The van der Waals surface area contributed by atoms with E-state index in [4.69, 9.17) is 9.47 Å². The SMILES string of the molecule is COCC(O)COC1CCCc2ccccc21. The zero-order chi connectivity index (χ0) is 12.1. The van der Waals surface area contributed by atoms with Crippen molar-refractivity contribution >= 4 is 0 Å². The Balaban J connectivity index is 1.94. The van der Waals surface area contributed by atoms with E-state index in [9.17, 15) is 5.11 Å². The molecule has 0 aliphatic heterocycles. The van der Waals surface area contributed by atoms with Crippen LogP contribution in [-0.4, -0.2) is 31.5 Å². The molecule has 0 fully saturated rings. The van der Waals surface area contributed by atoms with Crippen LogP contribution in [0.3, 0.4) is 0 Å². The molecule has 0 saturated heterocycles. The van der Waals surface area contributed by atoms with Crippen LogP contribution in [0, 0.1) is 0 Å². The van der Waals surface area contributed by atoms with E-state index in [0.717, 1.165) is 19.3 Å². The first-order valence-corrected chi connectivity index (χ1v) is 6.17. The van der Waals surface area contributed by atoms with E-state index in [0.29, 0.717) is 13.2 Å². The van der Waals surface area contributed by atoms with Gasteiger partial charge in [-0.15, -0.1) is 0 Å². The number of fused-ring (bicyclic) bond motifs is 1. The van der Waals surface area contributed by atoms with E-state index >= 15 is 0 Å². The molecule has 0 radical (unpaired) electrons. The maximum atomic E-state index is 9.58. The zero-order valence-electron chi connectivity index (χ0n) is 10.3. The minimum absolute atomic E-state index is 0.131. The summed E-state index contributed by atoms with van der Waals surface area (Å²) in [7, 11) is 1.58. The Labute approximate surface area is 102 Å². The van der Waals surface area contributed by atoms with Crippen LogP contribution in [0.15, 0.2) is 24.3 Å². The highest BCUT2D eigenvalue weighted by atomic mass is 16.5. The molecule has 0 saturated carbocycles. The Bertz CT molecular complexity index is 351. The molecule has 2 rings (SSSR count). The van der Waals surface area contributed by atoms with Crippen LogP contribution in [0.25, 0.3) is 0 Å². The number of aliphatic hydroxyl groups is 1. The molecule has 0 spiro atoms. The number of aliphatic hydroxyl groups excluding tert-OH is 1. The van der Waals surface area contributed by atoms with Crippen LogP contribution in [-0.2, 0) is 15.9 Å². The Morgan fingerprint density at radius 2 is 2.18 bits per heavy atom. The molecule has 3 heteroatoms. The summed E-state index contributed by atoms with van der Waals surface area (Å²) in [4.78, 5) is 0. The number of rotatable bonds is 5. The van der Waals surface area contributed by atoms with E-state index in [1.165, 1.54) is 11.1 Å². The molecule has 3 nitrogen and oxygen atoms in total. The summed E-state index contributed by atoms with van der Waals surface area (Å²) in [6.07, 6.45) is 2.93. The van der Waals surface area contributed by atoms with Gasteiger partial charge in [-0.1, -0.05) is 24.3 Å². The lowest BCUT2D eigenvalue weighted by molar-refractivity contribution is -0.0419. The summed E-state index contributed by atoms with van der Waals surface area (Å²) in [6.45, 7) is 0.668. The molecule has 2 unspecified atom stereocenters. The Morgan fingerprint density at radius 1 is 1.35 bits per heavy atom. The lowest BCUT2D eigenvalue weighted by Gasteiger charge is -2.26. The number of hydrogen-bond donors (Lipinski definition) is 1. The number of benzene rings is 1. The van der Waals surface area contributed by atoms with Gasteiger partial charge in [0, 0.05) is 7.11 Å². The summed E-state index contributed by atoms with van der Waals surface area (Å²) >= 11 is 0. The highest BCUT2D eigenvalue weighted by Crippen LogP contribution is 2.32. The second-order valence-electron chi connectivity index (χ2n) is 4.52. The fourth-order valence-electron chi connectivity index (χ4n) is 2.35. The predicted octanol–water partition coefficient (Wildman–Crippen LogP) is 2.09. The van der Waals surface area contributed by atoms with Gasteiger partial charge in [0.05, 0.1) is 19.3 Å². The van der Waals surface area contributed by atoms with Gasteiger partial charge in [0.15, 0.2) is 0 Å². The average Bonchev–Trinajstić information content (AvgIpc) is 2.36. The third-order valence-corrected chi connectivity index (χ3v) is 3.16. The molecule has 0 aromatic heterocycles. The minimum atomic E-state index is -0.533. The minimum Gasteiger partial charge on any atom is -0.388 e. The van der Waals surface area contributed by atoms with Crippen molar-refractivity contribution in [3.63, 3.8) is 0 Å². The van der Waals surface area contributed by atoms with Crippen LogP contribution < -0.4 is 0 Å². The van der Waals surface area contributed by atoms with E-state index in [1.807, 2.05) is 6.07 Å². The lowest BCUT2D eigenvalue weighted by Crippen LogP contribution is -2.23. The first-order chi connectivity index (χ1) is 8.31. The Morgan fingerprint density at radius 3 is 3.00 bits per heavy atom. The third-order valence-electron chi connectivity index (χ3n) is 3.16. The van der Waals surface area contributed by atoms with E-state index in [2.05, 4.69) is 18.2 Å². The molecule has 17 heavy (non-hydrogen) atoms. The molecule has 2 atom stereocenters. The van der Waals surface area contributed by atoms with Crippen molar-refractivity contribution in [2.75, 3.05) is 20.3 Å². The van der Waals surface area contributed by atoms with Gasteiger partial charge in [0.25, 0.3) is 0 Å².